The van der Waals surface area contributed by atoms with Crippen LogP contribution in [0, 0.1) is 11.3 Å². The summed E-state index contributed by atoms with van der Waals surface area (Å²) < 4.78 is 40.4. The largest absolute Gasteiger partial charge is 0.573 e. The van der Waals surface area contributed by atoms with Gasteiger partial charge in [0, 0.05) is 5.56 Å². The fraction of sp³-hybridized carbons (Fsp3) is 0.273. The fourth-order valence-electron chi connectivity index (χ4n) is 1.48. The van der Waals surface area contributed by atoms with Crippen LogP contribution in [0.3, 0.4) is 0 Å². The lowest BCUT2D eigenvalue weighted by atomic mass is 10.0. The maximum atomic E-state index is 12.2. The first-order valence-electron chi connectivity index (χ1n) is 4.85. The van der Waals surface area contributed by atoms with Crippen LogP contribution in [-0.4, -0.2) is 17.4 Å². The minimum Gasteiger partial charge on any atom is -0.478 e. The zero-order valence-corrected chi connectivity index (χ0v) is 9.21. The predicted molar refractivity (Wildman–Crippen MR) is 54.2 cm³/mol. The molecule has 0 spiro atoms. The highest BCUT2D eigenvalue weighted by molar-refractivity contribution is 5.92. The second kappa shape index (κ2) is 4.96. The molecule has 0 atom stereocenters. The van der Waals surface area contributed by atoms with Crippen LogP contribution < -0.4 is 4.74 Å². The van der Waals surface area contributed by atoms with E-state index in [1.54, 1.807) is 6.07 Å². The molecule has 1 aromatic rings. The number of rotatable bonds is 3. The Balaban J connectivity index is 3.49. The number of nitrogens with zero attached hydrogens (tertiary/aromatic N) is 1. The van der Waals surface area contributed by atoms with Gasteiger partial charge in [-0.2, -0.15) is 5.26 Å². The molecule has 0 radical (unpaired) electrons. The Hall–Kier alpha value is -2.23. The van der Waals surface area contributed by atoms with Gasteiger partial charge >= 0.3 is 12.3 Å². The van der Waals surface area contributed by atoms with Crippen molar-refractivity contribution in [1.29, 1.82) is 5.26 Å². The van der Waals surface area contributed by atoms with Crippen molar-refractivity contribution in [3.8, 4) is 11.8 Å². The van der Waals surface area contributed by atoms with Gasteiger partial charge in [-0.25, -0.2) is 4.79 Å². The van der Waals surface area contributed by atoms with E-state index in [2.05, 4.69) is 4.74 Å². The molecule has 0 aliphatic rings. The van der Waals surface area contributed by atoms with Crippen molar-refractivity contribution < 1.29 is 27.8 Å². The van der Waals surface area contributed by atoms with Crippen LogP contribution in [0.1, 0.15) is 28.4 Å². The second-order valence-electron chi connectivity index (χ2n) is 3.29. The van der Waals surface area contributed by atoms with E-state index in [4.69, 9.17) is 10.4 Å². The van der Waals surface area contributed by atoms with Crippen molar-refractivity contribution >= 4 is 5.97 Å². The number of aromatic carboxylic acids is 1. The van der Waals surface area contributed by atoms with E-state index < -0.39 is 23.6 Å². The number of benzene rings is 1. The van der Waals surface area contributed by atoms with Crippen molar-refractivity contribution in [2.75, 3.05) is 0 Å². The van der Waals surface area contributed by atoms with Gasteiger partial charge in [-0.1, -0.05) is 6.92 Å². The number of hydrogen-bond donors (Lipinski definition) is 1. The predicted octanol–water partition coefficient (Wildman–Crippen LogP) is 2.72. The molecule has 0 unspecified atom stereocenters. The van der Waals surface area contributed by atoms with Crippen molar-refractivity contribution in [2.45, 2.75) is 19.7 Å². The molecule has 0 aliphatic heterocycles. The monoisotopic (exact) mass is 259 g/mol. The Morgan fingerprint density at radius 2 is 2.11 bits per heavy atom. The number of carbonyl (C=O) groups is 1. The van der Waals surface area contributed by atoms with Gasteiger partial charge in [-0.05, 0) is 18.6 Å². The highest BCUT2D eigenvalue weighted by Gasteiger charge is 2.34. The topological polar surface area (TPSA) is 70.3 Å². The number of carboxylic acids is 1. The van der Waals surface area contributed by atoms with E-state index in [1.165, 1.54) is 6.92 Å². The molecule has 96 valence electrons. The highest BCUT2D eigenvalue weighted by Crippen LogP contribution is 2.32. The molecule has 18 heavy (non-hydrogen) atoms. The van der Waals surface area contributed by atoms with Crippen molar-refractivity contribution in [3.05, 3.63) is 28.8 Å². The molecule has 0 saturated carbocycles. The summed E-state index contributed by atoms with van der Waals surface area (Å²) in [5.74, 6) is -2.37. The molecule has 0 fully saturated rings. The number of hydrogen-bond acceptors (Lipinski definition) is 3. The van der Waals surface area contributed by atoms with Crippen LogP contribution >= 0.6 is 0 Å². The van der Waals surface area contributed by atoms with E-state index >= 15 is 0 Å². The Kier molecular flexibility index (Phi) is 3.81. The van der Waals surface area contributed by atoms with Crippen LogP contribution in [-0.2, 0) is 6.42 Å². The number of alkyl halides is 3. The molecule has 1 aromatic carbocycles. The van der Waals surface area contributed by atoms with Crippen LogP contribution in [0.2, 0.25) is 0 Å². The lowest BCUT2D eigenvalue weighted by Crippen LogP contribution is -2.20. The zero-order valence-electron chi connectivity index (χ0n) is 9.21. The van der Waals surface area contributed by atoms with Crippen molar-refractivity contribution in [3.63, 3.8) is 0 Å². The number of nitriles is 1. The van der Waals surface area contributed by atoms with E-state index in [1.807, 2.05) is 0 Å². The SMILES string of the molecule is CCc1c(C#N)ccc(C(=O)O)c1OC(F)(F)F. The molecule has 0 heterocycles. The van der Waals surface area contributed by atoms with Crippen molar-refractivity contribution in [2.24, 2.45) is 0 Å². The van der Waals surface area contributed by atoms with Crippen LogP contribution in [0.4, 0.5) is 13.2 Å². The summed E-state index contributed by atoms with van der Waals surface area (Å²) in [6, 6.07) is 3.77. The Bertz CT molecular complexity index is 517. The normalized spacial score (nSPS) is 10.8. The molecule has 0 aliphatic carbocycles. The van der Waals surface area contributed by atoms with Gasteiger partial charge < -0.3 is 9.84 Å². The zero-order chi connectivity index (χ0) is 13.9. The maximum absolute atomic E-state index is 12.2. The standard InChI is InChI=1S/C11H8F3NO3/c1-2-7-6(5-15)3-4-8(10(16)17)9(7)18-11(12,13)14/h3-4H,2H2,1H3,(H,16,17). The van der Waals surface area contributed by atoms with E-state index in [0.29, 0.717) is 0 Å². The third kappa shape index (κ3) is 2.91. The van der Waals surface area contributed by atoms with E-state index in [9.17, 15) is 18.0 Å². The average molecular weight is 259 g/mol. The lowest BCUT2D eigenvalue weighted by Gasteiger charge is -2.15. The first-order valence-corrected chi connectivity index (χ1v) is 4.85. The van der Waals surface area contributed by atoms with Gasteiger partial charge in [0.2, 0.25) is 0 Å². The number of carboxylic acid groups (broad SMARTS) is 1. The quantitative estimate of drug-likeness (QED) is 0.905. The maximum Gasteiger partial charge on any atom is 0.573 e. The molecule has 0 amide bonds. The van der Waals surface area contributed by atoms with Gasteiger partial charge in [0.1, 0.15) is 11.3 Å². The Morgan fingerprint density at radius 3 is 2.50 bits per heavy atom. The minimum atomic E-state index is -5.01. The smallest absolute Gasteiger partial charge is 0.478 e. The Morgan fingerprint density at radius 1 is 1.50 bits per heavy atom. The molecule has 7 heteroatoms. The molecule has 1 rings (SSSR count). The summed E-state index contributed by atoms with van der Waals surface area (Å²) in [4.78, 5) is 10.8. The molecule has 4 nitrogen and oxygen atoms in total. The van der Waals surface area contributed by atoms with Crippen LogP contribution in [0.15, 0.2) is 12.1 Å². The molecular formula is C11H8F3NO3. The van der Waals surface area contributed by atoms with E-state index in [0.717, 1.165) is 12.1 Å². The third-order valence-electron chi connectivity index (χ3n) is 2.18. The first-order chi connectivity index (χ1) is 8.30. The van der Waals surface area contributed by atoms with Gasteiger partial charge in [0.15, 0.2) is 0 Å². The van der Waals surface area contributed by atoms with Gasteiger partial charge in [-0.3, -0.25) is 0 Å². The van der Waals surface area contributed by atoms with Gasteiger partial charge in [0.05, 0.1) is 11.6 Å². The van der Waals surface area contributed by atoms with Crippen LogP contribution in [0.5, 0.6) is 5.75 Å². The summed E-state index contributed by atoms with van der Waals surface area (Å²) in [5.41, 5.74) is -0.736. The summed E-state index contributed by atoms with van der Waals surface area (Å²) in [7, 11) is 0. The highest BCUT2D eigenvalue weighted by atomic mass is 19.4. The number of ether oxygens (including phenoxy) is 1. The third-order valence-corrected chi connectivity index (χ3v) is 2.18. The first kappa shape index (κ1) is 13.8. The number of halogens is 3. The molecule has 1 N–H and O–H groups in total. The van der Waals surface area contributed by atoms with Crippen molar-refractivity contribution in [1.82, 2.24) is 0 Å². The molecular weight excluding hydrogens is 251 g/mol. The summed E-state index contributed by atoms with van der Waals surface area (Å²) in [6.45, 7) is 1.50. The molecule has 0 aromatic heterocycles. The second-order valence-corrected chi connectivity index (χ2v) is 3.29. The fourth-order valence-corrected chi connectivity index (χ4v) is 1.48. The average Bonchev–Trinajstić information content (AvgIpc) is 2.25. The Labute approximate surface area is 100 Å². The summed E-state index contributed by atoms with van der Waals surface area (Å²) >= 11 is 0. The van der Waals surface area contributed by atoms with Crippen LogP contribution in [0.25, 0.3) is 0 Å². The summed E-state index contributed by atoms with van der Waals surface area (Å²) in [5, 5.41) is 17.6. The lowest BCUT2D eigenvalue weighted by molar-refractivity contribution is -0.275. The molecule has 0 bridgehead atoms. The minimum absolute atomic E-state index is 0.0400. The summed E-state index contributed by atoms with van der Waals surface area (Å²) in [6.07, 6.45) is -4.96. The van der Waals surface area contributed by atoms with Gasteiger partial charge in [-0.15, -0.1) is 13.2 Å². The van der Waals surface area contributed by atoms with Gasteiger partial charge in [0.25, 0.3) is 0 Å². The molecule has 0 saturated heterocycles. The van der Waals surface area contributed by atoms with E-state index in [-0.39, 0.29) is 17.5 Å².